The van der Waals surface area contributed by atoms with Gasteiger partial charge in [-0.25, -0.2) is 9.78 Å². The molecule has 8 heteroatoms. The Bertz CT molecular complexity index is 1150. The molecule has 2 heterocycles. The number of aromatic nitrogens is 2. The Morgan fingerprint density at radius 1 is 1.17 bits per heavy atom. The predicted octanol–water partition coefficient (Wildman–Crippen LogP) is 4.69. The van der Waals surface area contributed by atoms with Gasteiger partial charge in [0.1, 0.15) is 30.8 Å². The molecule has 0 saturated heterocycles. The van der Waals surface area contributed by atoms with Gasteiger partial charge in [0.15, 0.2) is 6.10 Å². The quantitative estimate of drug-likeness (QED) is 0.299. The highest BCUT2D eigenvalue weighted by molar-refractivity contribution is 6.01. The Kier molecular flexibility index (Phi) is 8.36. The van der Waals surface area contributed by atoms with Gasteiger partial charge >= 0.3 is 5.97 Å². The fourth-order valence-corrected chi connectivity index (χ4v) is 4.63. The lowest BCUT2D eigenvalue weighted by atomic mass is 9.98. The highest BCUT2D eigenvalue weighted by Crippen LogP contribution is 2.29. The van der Waals surface area contributed by atoms with Gasteiger partial charge in [0.25, 0.3) is 0 Å². The molecular formula is C27H33N3O5. The van der Waals surface area contributed by atoms with Crippen molar-refractivity contribution in [3.8, 4) is 5.75 Å². The Morgan fingerprint density at radius 3 is 2.63 bits per heavy atom. The molecule has 35 heavy (non-hydrogen) atoms. The summed E-state index contributed by atoms with van der Waals surface area (Å²) in [5.41, 5.74) is 3.60. The van der Waals surface area contributed by atoms with Crippen molar-refractivity contribution in [2.24, 2.45) is 11.1 Å². The van der Waals surface area contributed by atoms with E-state index in [1.54, 1.807) is 14.0 Å². The van der Waals surface area contributed by atoms with E-state index in [1.807, 2.05) is 36.5 Å². The van der Waals surface area contributed by atoms with Crippen LogP contribution in [0.25, 0.3) is 11.0 Å². The molecule has 0 bridgehead atoms. The molecule has 4 rings (SSSR count). The average Bonchev–Trinajstić information content (AvgIpc) is 3.53. The van der Waals surface area contributed by atoms with Crippen molar-refractivity contribution in [3.63, 3.8) is 0 Å². The van der Waals surface area contributed by atoms with Gasteiger partial charge in [-0.15, -0.1) is 0 Å². The molecule has 1 saturated carbocycles. The van der Waals surface area contributed by atoms with Gasteiger partial charge in [-0.1, -0.05) is 30.1 Å². The van der Waals surface area contributed by atoms with Crippen LogP contribution in [-0.4, -0.2) is 52.8 Å². The van der Waals surface area contributed by atoms with Crippen LogP contribution >= 0.6 is 0 Å². The average molecular weight is 480 g/mol. The lowest BCUT2D eigenvalue weighted by molar-refractivity contribution is -0.149. The number of benzene rings is 1. The van der Waals surface area contributed by atoms with E-state index in [1.165, 1.54) is 12.8 Å². The molecule has 1 unspecified atom stereocenters. The van der Waals surface area contributed by atoms with E-state index in [2.05, 4.69) is 21.9 Å². The minimum atomic E-state index is -0.952. The zero-order valence-electron chi connectivity index (χ0n) is 20.4. The summed E-state index contributed by atoms with van der Waals surface area (Å²) in [6.07, 6.45) is 6.19. The van der Waals surface area contributed by atoms with Gasteiger partial charge in [-0.3, -0.25) is 0 Å². The Balaban J connectivity index is 1.39. The largest absolute Gasteiger partial charge is 0.492 e. The van der Waals surface area contributed by atoms with Crippen molar-refractivity contribution >= 4 is 22.7 Å². The van der Waals surface area contributed by atoms with E-state index >= 15 is 0 Å². The van der Waals surface area contributed by atoms with Crippen molar-refractivity contribution < 1.29 is 24.2 Å². The fourth-order valence-electron chi connectivity index (χ4n) is 4.63. The van der Waals surface area contributed by atoms with E-state index in [0.29, 0.717) is 32.1 Å². The van der Waals surface area contributed by atoms with Gasteiger partial charge in [0, 0.05) is 30.5 Å². The second kappa shape index (κ2) is 11.8. The SMILES string of the molecule is CCOC(Cc1ccc(OCCn2ccc3ccc(C(=NOC)C4CCCC4)nc32)cc1)C(=O)O. The van der Waals surface area contributed by atoms with Crippen molar-refractivity contribution in [1.29, 1.82) is 0 Å². The minimum Gasteiger partial charge on any atom is -0.492 e. The summed E-state index contributed by atoms with van der Waals surface area (Å²) in [6.45, 7) is 3.28. The maximum absolute atomic E-state index is 11.3. The second-order valence-electron chi connectivity index (χ2n) is 8.74. The summed E-state index contributed by atoms with van der Waals surface area (Å²) in [7, 11) is 1.59. The third kappa shape index (κ3) is 6.19. The summed E-state index contributed by atoms with van der Waals surface area (Å²) >= 11 is 0. The van der Waals surface area contributed by atoms with Crippen LogP contribution in [0.1, 0.15) is 43.9 Å². The molecular weight excluding hydrogens is 446 g/mol. The summed E-state index contributed by atoms with van der Waals surface area (Å²) in [5.74, 6) is 0.179. The summed E-state index contributed by atoms with van der Waals surface area (Å²) in [5, 5.41) is 14.7. The molecule has 1 N–H and O–H groups in total. The van der Waals surface area contributed by atoms with Crippen molar-refractivity contribution in [2.45, 2.75) is 51.7 Å². The van der Waals surface area contributed by atoms with Crippen LogP contribution in [0.2, 0.25) is 0 Å². The minimum absolute atomic E-state index is 0.321. The number of hydrogen-bond acceptors (Lipinski definition) is 6. The first-order valence-electron chi connectivity index (χ1n) is 12.2. The molecule has 3 aromatic rings. The molecule has 0 radical (unpaired) electrons. The number of hydrogen-bond donors (Lipinski definition) is 1. The Labute approximate surface area is 205 Å². The lowest BCUT2D eigenvalue weighted by Crippen LogP contribution is -2.26. The molecule has 0 spiro atoms. The van der Waals surface area contributed by atoms with E-state index < -0.39 is 12.1 Å². The highest BCUT2D eigenvalue weighted by atomic mass is 16.6. The van der Waals surface area contributed by atoms with Crippen LogP contribution in [0.3, 0.4) is 0 Å². The van der Waals surface area contributed by atoms with Crippen LogP contribution < -0.4 is 4.74 Å². The van der Waals surface area contributed by atoms with E-state index in [0.717, 1.165) is 46.6 Å². The molecule has 1 aromatic carbocycles. The maximum atomic E-state index is 11.3. The summed E-state index contributed by atoms with van der Waals surface area (Å²) in [4.78, 5) is 21.4. The van der Waals surface area contributed by atoms with Crippen LogP contribution in [0.4, 0.5) is 0 Å². The summed E-state index contributed by atoms with van der Waals surface area (Å²) in [6, 6.07) is 13.6. The first-order valence-corrected chi connectivity index (χ1v) is 12.2. The second-order valence-corrected chi connectivity index (χ2v) is 8.74. The third-order valence-corrected chi connectivity index (χ3v) is 6.39. The van der Waals surface area contributed by atoms with E-state index in [4.69, 9.17) is 19.3 Å². The van der Waals surface area contributed by atoms with Gasteiger partial charge < -0.3 is 24.0 Å². The number of oxime groups is 1. The highest BCUT2D eigenvalue weighted by Gasteiger charge is 2.24. The fraction of sp³-hybridized carbons (Fsp3) is 0.444. The lowest BCUT2D eigenvalue weighted by Gasteiger charge is -2.13. The zero-order chi connectivity index (χ0) is 24.6. The first kappa shape index (κ1) is 24.7. The van der Waals surface area contributed by atoms with E-state index in [-0.39, 0.29) is 0 Å². The van der Waals surface area contributed by atoms with Crippen LogP contribution in [0.15, 0.2) is 53.8 Å². The number of carboxylic acids is 1. The first-order chi connectivity index (χ1) is 17.1. The molecule has 1 aliphatic carbocycles. The Morgan fingerprint density at radius 2 is 1.94 bits per heavy atom. The number of carboxylic acid groups (broad SMARTS) is 1. The van der Waals surface area contributed by atoms with Crippen molar-refractivity contribution in [3.05, 3.63) is 59.9 Å². The predicted molar refractivity (Wildman–Crippen MR) is 134 cm³/mol. The normalized spacial score (nSPS) is 15.4. The molecule has 0 aliphatic heterocycles. The number of rotatable bonds is 12. The van der Waals surface area contributed by atoms with Crippen LogP contribution in [0.5, 0.6) is 5.75 Å². The molecule has 8 nitrogen and oxygen atoms in total. The zero-order valence-corrected chi connectivity index (χ0v) is 20.4. The van der Waals surface area contributed by atoms with Crippen molar-refractivity contribution in [2.75, 3.05) is 20.3 Å². The monoisotopic (exact) mass is 479 g/mol. The number of fused-ring (bicyclic) bond motifs is 1. The van der Waals surface area contributed by atoms with Gasteiger partial charge in [0.05, 0.1) is 12.2 Å². The standard InChI is InChI=1S/C27H33N3O5/c1-3-34-24(27(31)32)18-19-8-11-22(12-9-19)35-17-16-30-15-14-21-10-13-23(28-26(21)30)25(29-33-2)20-6-4-5-7-20/h8-15,20,24H,3-7,16-18H2,1-2H3,(H,31,32). The molecule has 1 fully saturated rings. The Hall–Kier alpha value is -3.39. The number of aliphatic carboxylic acids is 1. The van der Waals surface area contributed by atoms with E-state index in [9.17, 15) is 9.90 Å². The van der Waals surface area contributed by atoms with Gasteiger partial charge in [-0.05, 0) is 55.7 Å². The van der Waals surface area contributed by atoms with Gasteiger partial charge in [0.2, 0.25) is 0 Å². The molecule has 1 atom stereocenters. The maximum Gasteiger partial charge on any atom is 0.333 e. The van der Waals surface area contributed by atoms with Gasteiger partial charge in [-0.2, -0.15) is 0 Å². The van der Waals surface area contributed by atoms with Crippen LogP contribution in [-0.2, 0) is 27.3 Å². The molecule has 1 aliphatic rings. The molecule has 2 aromatic heterocycles. The van der Waals surface area contributed by atoms with Crippen LogP contribution in [0, 0.1) is 5.92 Å². The molecule has 186 valence electrons. The number of pyridine rings is 1. The third-order valence-electron chi connectivity index (χ3n) is 6.39. The molecule has 0 amide bonds. The number of nitrogens with zero attached hydrogens (tertiary/aromatic N) is 3. The summed E-state index contributed by atoms with van der Waals surface area (Å²) < 4.78 is 13.3. The van der Waals surface area contributed by atoms with Crippen molar-refractivity contribution in [1.82, 2.24) is 9.55 Å². The number of ether oxygens (including phenoxy) is 2. The smallest absolute Gasteiger partial charge is 0.333 e. The number of carbonyl (C=O) groups is 1. The topological polar surface area (TPSA) is 95.2 Å².